The molecule has 2 saturated carbocycles. The molecule has 2 fully saturated rings. The minimum Gasteiger partial charge on any atom is -0.471 e. The Morgan fingerprint density at radius 3 is 1.17 bits per heavy atom. The minimum atomic E-state index is -0.329. The van der Waals surface area contributed by atoms with Crippen LogP contribution in [0.3, 0.4) is 0 Å². The van der Waals surface area contributed by atoms with Crippen LogP contribution in [0.15, 0.2) is 30.3 Å². The lowest BCUT2D eigenvalue weighted by atomic mass is 9.89. The molecule has 0 radical (unpaired) electrons. The number of benzene rings is 1. The number of esters is 8. The average Bonchev–Trinajstić information content (AvgIpc) is 3.89. The molecular weight excluding hydrogens is 1050 g/mol. The number of carbonyl (C=O) groups is 8. The zero-order chi connectivity index (χ0) is 55.6. The number of hydrogen-bond donors (Lipinski definition) is 0. The Kier molecular flexibility index (Phi) is 57.2. The second-order valence-corrected chi connectivity index (χ2v) is 21.5. The Labute approximate surface area is 451 Å². The third-order valence-electron chi connectivity index (χ3n) is 9.37. The van der Waals surface area contributed by atoms with E-state index in [1.54, 1.807) is 19.1 Å². The van der Waals surface area contributed by atoms with Crippen molar-refractivity contribution in [2.75, 3.05) is 49.8 Å². The molecule has 0 spiro atoms. The molecule has 71 heavy (non-hydrogen) atoms. The maximum absolute atomic E-state index is 11.2. The molecule has 0 saturated heterocycles. The number of hydrogen-bond acceptors (Lipinski definition) is 16. The molecule has 0 amide bonds. The van der Waals surface area contributed by atoms with Crippen molar-refractivity contribution in [3.05, 3.63) is 35.9 Å². The van der Waals surface area contributed by atoms with Crippen molar-refractivity contribution in [3.63, 3.8) is 0 Å². The normalized spacial score (nSPS) is 13.1. The molecule has 0 bridgehead atoms. The van der Waals surface area contributed by atoms with Crippen molar-refractivity contribution in [2.45, 2.75) is 133 Å². The molecule has 2 aliphatic rings. The molecule has 414 valence electrons. The fourth-order valence-electron chi connectivity index (χ4n) is 5.38. The van der Waals surface area contributed by atoms with Gasteiger partial charge in [0.2, 0.25) is 0 Å². The van der Waals surface area contributed by atoms with Gasteiger partial charge in [0, 0.05) is 13.3 Å². The Bertz CT molecular complexity index is 1520. The van der Waals surface area contributed by atoms with Crippen molar-refractivity contribution >= 4 is 130 Å². The van der Waals surface area contributed by atoms with E-state index in [1.807, 2.05) is 66.7 Å². The molecule has 0 aromatic heterocycles. The van der Waals surface area contributed by atoms with Gasteiger partial charge in [0.25, 0.3) is 0 Å². The van der Waals surface area contributed by atoms with Gasteiger partial charge in [-0.25, -0.2) is 4.79 Å². The van der Waals surface area contributed by atoms with Crippen LogP contribution in [0.5, 0.6) is 0 Å². The highest BCUT2D eigenvalue weighted by molar-refractivity contribution is 6.10. The molecule has 0 N–H and O–H groups in total. The summed E-state index contributed by atoms with van der Waals surface area (Å²) in [6, 6.07) is 9.02. The van der Waals surface area contributed by atoms with Crippen LogP contribution in [-0.4, -0.2) is 180 Å². The summed E-state index contributed by atoms with van der Waals surface area (Å²) in [6.07, 6.45) is 16.7. The SMILES string of the molecule is CC(=O)OC[SiH3].CC(C)(C)C(=O)OC[SiH3].CC(C)C(=O)OC[SiH3].CCC(=O)OC[SiH3].CCC(C)C(=O)OC[SiH3].O=C(OC[SiH3])C1CCCC1.O=C(OC[SiH3])C1CCCCC1.O=C(OC[SiH3])c1ccccc1. The molecule has 16 nitrogen and oxygen atoms in total. The van der Waals surface area contributed by atoms with Crippen LogP contribution in [0, 0.1) is 29.1 Å². The fourth-order valence-corrected chi connectivity index (χ4v) is 7.77. The summed E-state index contributed by atoms with van der Waals surface area (Å²) in [5.41, 5.74) is 0.299. The second-order valence-electron chi connectivity index (χ2n) is 16.9. The number of ether oxygens (including phenoxy) is 8. The molecule has 0 heterocycles. The zero-order valence-electron chi connectivity index (χ0n) is 47.2. The minimum absolute atomic E-state index is 0.0314. The Morgan fingerprint density at radius 2 is 0.901 bits per heavy atom. The van der Waals surface area contributed by atoms with Gasteiger partial charge in [-0.1, -0.05) is 84.9 Å². The fraction of sp³-hybridized carbons (Fsp3) is 0.702. The predicted octanol–water partition coefficient (Wildman–Crippen LogP) is -1.92. The first-order chi connectivity index (χ1) is 33.5. The summed E-state index contributed by atoms with van der Waals surface area (Å²) >= 11 is 0. The third-order valence-corrected chi connectivity index (χ3v) is 11.7. The molecule has 1 atom stereocenters. The van der Waals surface area contributed by atoms with E-state index in [4.69, 9.17) is 28.4 Å². The highest BCUT2D eigenvalue weighted by Gasteiger charge is 2.24. The van der Waals surface area contributed by atoms with Crippen LogP contribution in [0.4, 0.5) is 0 Å². The highest BCUT2D eigenvalue weighted by Crippen LogP contribution is 2.26. The second kappa shape index (κ2) is 53.0. The summed E-state index contributed by atoms with van der Waals surface area (Å²) in [5.74, 6) is -0.0210. The standard InChI is InChI=1S/C8H16O2Si.C8H10O2Si.C7H14O2Si.2C6H14O2Si.C5H12O2Si.C4H10O2Si.C3H8O2Si/c2*9-8(10-6-11)7-4-2-1-3-5-7;8-7(9-5-10)6-3-1-2-4-6;1-6(2,3)5(7)8-4-9;1-3-5(2)6(7)8-4-9;1-4(2)5(6)7-3-8;1-2-4(5)6-3-7;1-3(4)5-2-6/h7H,1-6H2,11H3;1-5H,6H2,11H3;6H,1-5H2,10H3;4H2,1-3,9H3;5H,3-4H2,1-2,9H3;4H,3H2,1-2,8H3;2-3H2,1,7H3;2H2,1,6H3. The number of carbonyl (C=O) groups excluding carboxylic acids is 8. The Balaban J connectivity index is -0.000000235. The van der Waals surface area contributed by atoms with Gasteiger partial charge in [0.1, 0.15) is 0 Å². The van der Waals surface area contributed by atoms with E-state index < -0.39 is 0 Å². The van der Waals surface area contributed by atoms with Crippen LogP contribution in [0.1, 0.15) is 143 Å². The lowest BCUT2D eigenvalue weighted by molar-refractivity contribution is -0.151. The van der Waals surface area contributed by atoms with E-state index in [1.165, 1.54) is 39.0 Å². The van der Waals surface area contributed by atoms with Gasteiger partial charge >= 0.3 is 47.8 Å². The molecule has 1 aromatic carbocycles. The van der Waals surface area contributed by atoms with Gasteiger partial charge in [-0.05, 0) is 65.0 Å². The van der Waals surface area contributed by atoms with Crippen LogP contribution in [-0.2, 0) is 71.5 Å². The Morgan fingerprint density at radius 1 is 0.521 bits per heavy atom. The molecule has 1 unspecified atom stereocenters. The maximum Gasteiger partial charge on any atom is 0.337 e. The lowest BCUT2D eigenvalue weighted by Gasteiger charge is -2.19. The molecule has 0 aliphatic heterocycles. The van der Waals surface area contributed by atoms with E-state index in [-0.39, 0.29) is 76.8 Å². The van der Waals surface area contributed by atoms with Crippen molar-refractivity contribution in [3.8, 4) is 0 Å². The first-order valence-electron chi connectivity index (χ1n) is 25.8. The van der Waals surface area contributed by atoms with E-state index in [9.17, 15) is 38.4 Å². The zero-order valence-corrected chi connectivity index (χ0v) is 63.2. The van der Waals surface area contributed by atoms with Gasteiger partial charge in [0.15, 0.2) is 0 Å². The van der Waals surface area contributed by atoms with E-state index in [0.29, 0.717) is 61.8 Å². The summed E-state index contributed by atoms with van der Waals surface area (Å²) in [6.45, 7) is 16.3. The van der Waals surface area contributed by atoms with Gasteiger partial charge in [-0.2, -0.15) is 0 Å². The van der Waals surface area contributed by atoms with E-state index >= 15 is 0 Å². The van der Waals surface area contributed by atoms with E-state index in [2.05, 4.69) is 9.47 Å². The topological polar surface area (TPSA) is 210 Å². The third kappa shape index (κ3) is 51.4. The van der Waals surface area contributed by atoms with Crippen molar-refractivity contribution < 1.29 is 76.3 Å². The molecular formula is C47H98O16Si8. The summed E-state index contributed by atoms with van der Waals surface area (Å²) in [4.78, 5) is 85.5. The summed E-state index contributed by atoms with van der Waals surface area (Å²) in [7, 11) is 7.53. The number of rotatable bonds is 15. The maximum atomic E-state index is 11.2. The van der Waals surface area contributed by atoms with Crippen molar-refractivity contribution in [1.29, 1.82) is 0 Å². The largest absolute Gasteiger partial charge is 0.471 e. The summed E-state index contributed by atoms with van der Waals surface area (Å²) < 4.78 is 38.3. The molecule has 3 rings (SSSR count). The van der Waals surface area contributed by atoms with Crippen LogP contribution in [0.25, 0.3) is 0 Å². The first-order valence-corrected chi connectivity index (χ1v) is 37.2. The lowest BCUT2D eigenvalue weighted by Crippen LogP contribution is -2.23. The van der Waals surface area contributed by atoms with Crippen LogP contribution < -0.4 is 0 Å². The first kappa shape index (κ1) is 76.6. The van der Waals surface area contributed by atoms with Crippen LogP contribution in [0.2, 0.25) is 0 Å². The van der Waals surface area contributed by atoms with Crippen molar-refractivity contribution in [1.82, 2.24) is 0 Å². The van der Waals surface area contributed by atoms with Crippen LogP contribution >= 0.6 is 0 Å². The van der Waals surface area contributed by atoms with Gasteiger partial charge in [0.05, 0.1) is 166 Å². The quantitative estimate of drug-likeness (QED) is 0.107. The Hall–Kier alpha value is -3.28. The van der Waals surface area contributed by atoms with E-state index in [0.717, 1.165) is 114 Å². The van der Waals surface area contributed by atoms with Crippen molar-refractivity contribution in [2.24, 2.45) is 29.1 Å². The highest BCUT2D eigenvalue weighted by atomic mass is 28.2. The molecule has 2 aliphatic carbocycles. The monoisotopic (exact) mass is 1140 g/mol. The smallest absolute Gasteiger partial charge is 0.337 e. The van der Waals surface area contributed by atoms with Gasteiger partial charge in [-0.15, -0.1) is 0 Å². The summed E-state index contributed by atoms with van der Waals surface area (Å²) in [5, 5.41) is 0. The molecule has 1 aromatic rings. The predicted molar refractivity (Wildman–Crippen MR) is 311 cm³/mol. The van der Waals surface area contributed by atoms with Gasteiger partial charge in [-0.3, -0.25) is 33.6 Å². The molecule has 24 heteroatoms. The average molecular weight is 1140 g/mol. The van der Waals surface area contributed by atoms with Gasteiger partial charge < -0.3 is 37.9 Å².